The minimum Gasteiger partial charge on any atom is -0.494 e. The molecule has 1 rings (SSSR count). The maximum absolute atomic E-state index is 10.5. The van der Waals surface area contributed by atoms with Gasteiger partial charge in [-0.2, -0.15) is 0 Å². The number of para-hydroxylation sites is 1. The highest BCUT2D eigenvalue weighted by Gasteiger charge is 2.04. The van der Waals surface area contributed by atoms with Crippen LogP contribution in [-0.4, -0.2) is 22.5 Å². The van der Waals surface area contributed by atoms with Crippen molar-refractivity contribution < 1.29 is 14.6 Å². The first-order valence-corrected chi connectivity index (χ1v) is 7.55. The third kappa shape index (κ3) is 7.89. The summed E-state index contributed by atoms with van der Waals surface area (Å²) in [6.45, 7) is 0.757. The van der Waals surface area contributed by atoms with Crippen molar-refractivity contribution in [1.29, 1.82) is 0 Å². The van der Waals surface area contributed by atoms with E-state index in [1.54, 1.807) is 0 Å². The van der Waals surface area contributed by atoms with Crippen molar-refractivity contribution in [2.45, 2.75) is 44.9 Å². The van der Waals surface area contributed by atoms with Crippen LogP contribution in [0.5, 0.6) is 5.75 Å². The van der Waals surface area contributed by atoms with E-state index in [9.17, 15) is 4.79 Å². The lowest BCUT2D eigenvalue weighted by Gasteiger charge is -2.05. The summed E-state index contributed by atoms with van der Waals surface area (Å²) in [4.78, 5) is 10.7. The SMILES string of the molecule is O=C(O)C(=S)CCCCCCCCOc1ccccc1. The number of hydrogen-bond acceptors (Lipinski definition) is 3. The number of thiocarbonyl (C=S) groups is 1. The number of rotatable bonds is 11. The van der Waals surface area contributed by atoms with Crippen LogP contribution in [0.15, 0.2) is 30.3 Å². The Kier molecular flexibility index (Phi) is 8.63. The van der Waals surface area contributed by atoms with Crippen LogP contribution in [0, 0.1) is 0 Å². The molecule has 0 saturated heterocycles. The highest BCUT2D eigenvalue weighted by molar-refractivity contribution is 7.82. The Labute approximate surface area is 126 Å². The van der Waals surface area contributed by atoms with Crippen LogP contribution < -0.4 is 4.74 Å². The average molecular weight is 294 g/mol. The molecule has 0 atom stereocenters. The maximum Gasteiger partial charge on any atom is 0.342 e. The molecule has 1 aromatic carbocycles. The maximum atomic E-state index is 10.5. The summed E-state index contributed by atoms with van der Waals surface area (Å²) in [6, 6.07) is 9.84. The molecular weight excluding hydrogens is 272 g/mol. The molecule has 0 aliphatic rings. The van der Waals surface area contributed by atoms with Gasteiger partial charge in [0, 0.05) is 0 Å². The third-order valence-electron chi connectivity index (χ3n) is 3.05. The van der Waals surface area contributed by atoms with Crippen LogP contribution >= 0.6 is 12.2 Å². The average Bonchev–Trinajstić information content (AvgIpc) is 2.46. The van der Waals surface area contributed by atoms with Crippen LogP contribution in [0.1, 0.15) is 44.9 Å². The predicted octanol–water partition coefficient (Wildman–Crippen LogP) is 4.25. The summed E-state index contributed by atoms with van der Waals surface area (Å²) in [7, 11) is 0. The summed E-state index contributed by atoms with van der Waals surface area (Å²) < 4.78 is 5.61. The van der Waals surface area contributed by atoms with E-state index in [0.717, 1.165) is 50.9 Å². The molecule has 0 bridgehead atoms. The van der Waals surface area contributed by atoms with Crippen molar-refractivity contribution in [2.24, 2.45) is 0 Å². The van der Waals surface area contributed by atoms with Crippen LogP contribution in [0.4, 0.5) is 0 Å². The third-order valence-corrected chi connectivity index (χ3v) is 3.43. The number of carboxylic acid groups (broad SMARTS) is 1. The van der Waals surface area contributed by atoms with Crippen molar-refractivity contribution in [3.63, 3.8) is 0 Å². The largest absolute Gasteiger partial charge is 0.494 e. The molecule has 0 aromatic heterocycles. The molecule has 0 saturated carbocycles. The van der Waals surface area contributed by atoms with Gasteiger partial charge in [0.1, 0.15) is 5.75 Å². The number of benzene rings is 1. The van der Waals surface area contributed by atoms with Crippen molar-refractivity contribution >= 4 is 23.1 Å². The molecule has 20 heavy (non-hydrogen) atoms. The van der Waals surface area contributed by atoms with Crippen molar-refractivity contribution in [1.82, 2.24) is 0 Å². The molecule has 4 heteroatoms. The Morgan fingerprint density at radius 2 is 1.60 bits per heavy atom. The van der Waals surface area contributed by atoms with E-state index in [4.69, 9.17) is 22.1 Å². The highest BCUT2D eigenvalue weighted by atomic mass is 32.1. The molecule has 0 aliphatic heterocycles. The molecule has 3 nitrogen and oxygen atoms in total. The van der Waals surface area contributed by atoms with Crippen LogP contribution in [0.3, 0.4) is 0 Å². The van der Waals surface area contributed by atoms with Gasteiger partial charge in [-0.15, -0.1) is 0 Å². The zero-order valence-corrected chi connectivity index (χ0v) is 12.5. The molecule has 0 fully saturated rings. The summed E-state index contributed by atoms with van der Waals surface area (Å²) in [5.41, 5.74) is 0. The zero-order valence-electron chi connectivity index (χ0n) is 11.7. The van der Waals surface area contributed by atoms with Gasteiger partial charge in [-0.3, -0.25) is 0 Å². The molecule has 0 radical (unpaired) electrons. The lowest BCUT2D eigenvalue weighted by Crippen LogP contribution is -2.09. The number of carbonyl (C=O) groups is 1. The lowest BCUT2D eigenvalue weighted by atomic mass is 10.1. The predicted molar refractivity (Wildman–Crippen MR) is 84.5 cm³/mol. The smallest absolute Gasteiger partial charge is 0.342 e. The lowest BCUT2D eigenvalue weighted by molar-refractivity contribution is -0.129. The quantitative estimate of drug-likeness (QED) is 0.489. The topological polar surface area (TPSA) is 46.5 Å². The number of carboxylic acids is 1. The van der Waals surface area contributed by atoms with Gasteiger partial charge < -0.3 is 9.84 Å². The van der Waals surface area contributed by atoms with Crippen molar-refractivity contribution in [3.05, 3.63) is 30.3 Å². The molecule has 0 aliphatic carbocycles. The second-order valence-electron chi connectivity index (χ2n) is 4.76. The van der Waals surface area contributed by atoms with E-state index in [2.05, 4.69) is 0 Å². The first kappa shape index (κ1) is 16.6. The van der Waals surface area contributed by atoms with Gasteiger partial charge in [0.15, 0.2) is 0 Å². The molecule has 0 amide bonds. The fraction of sp³-hybridized carbons (Fsp3) is 0.500. The van der Waals surface area contributed by atoms with Gasteiger partial charge >= 0.3 is 5.97 Å². The van der Waals surface area contributed by atoms with Crippen molar-refractivity contribution in [2.75, 3.05) is 6.61 Å². The van der Waals surface area contributed by atoms with E-state index < -0.39 is 5.97 Å². The molecule has 1 N–H and O–H groups in total. The fourth-order valence-electron chi connectivity index (χ4n) is 1.91. The first-order valence-electron chi connectivity index (χ1n) is 7.14. The van der Waals surface area contributed by atoms with Gasteiger partial charge in [-0.25, -0.2) is 4.79 Å². The Bertz CT molecular complexity index is 403. The van der Waals surface area contributed by atoms with E-state index in [0.29, 0.717) is 6.42 Å². The number of hydrogen-bond donors (Lipinski definition) is 1. The highest BCUT2D eigenvalue weighted by Crippen LogP contribution is 2.11. The van der Waals surface area contributed by atoms with Gasteiger partial charge in [0.05, 0.1) is 11.5 Å². The Hall–Kier alpha value is -1.42. The van der Waals surface area contributed by atoms with Crippen LogP contribution in [-0.2, 0) is 4.79 Å². The van der Waals surface area contributed by atoms with Gasteiger partial charge in [0.25, 0.3) is 0 Å². The van der Waals surface area contributed by atoms with Crippen LogP contribution in [0.25, 0.3) is 0 Å². The Morgan fingerprint density at radius 3 is 2.25 bits per heavy atom. The fourth-order valence-corrected chi connectivity index (χ4v) is 2.05. The zero-order chi connectivity index (χ0) is 14.6. The number of unbranched alkanes of at least 4 members (excludes halogenated alkanes) is 5. The number of ether oxygens (including phenoxy) is 1. The summed E-state index contributed by atoms with van der Waals surface area (Å²) in [5.74, 6) is -0.0206. The molecule has 0 heterocycles. The van der Waals surface area contributed by atoms with Gasteiger partial charge in [0.2, 0.25) is 0 Å². The standard InChI is InChI=1S/C16H22O3S/c17-16(18)15(20)12-8-3-1-2-4-9-13-19-14-10-6-5-7-11-14/h5-7,10-11H,1-4,8-9,12-13H2,(H,17,18). The number of aliphatic carboxylic acids is 1. The summed E-state index contributed by atoms with van der Waals surface area (Å²) in [5, 5.41) is 8.62. The second kappa shape index (κ2) is 10.4. The molecule has 0 spiro atoms. The van der Waals surface area contributed by atoms with E-state index in [-0.39, 0.29) is 4.86 Å². The second-order valence-corrected chi connectivity index (χ2v) is 5.25. The minimum atomic E-state index is -0.946. The monoisotopic (exact) mass is 294 g/mol. The van der Waals surface area contributed by atoms with Gasteiger partial charge in [-0.05, 0) is 31.4 Å². The molecular formula is C16H22O3S. The molecule has 0 unspecified atom stereocenters. The molecule has 1 aromatic rings. The minimum absolute atomic E-state index is 0.154. The van der Waals surface area contributed by atoms with E-state index in [1.807, 2.05) is 30.3 Å². The van der Waals surface area contributed by atoms with E-state index >= 15 is 0 Å². The summed E-state index contributed by atoms with van der Waals surface area (Å²) in [6.07, 6.45) is 6.96. The summed E-state index contributed by atoms with van der Waals surface area (Å²) >= 11 is 4.74. The van der Waals surface area contributed by atoms with Gasteiger partial charge in [-0.1, -0.05) is 56.1 Å². The van der Waals surface area contributed by atoms with Crippen molar-refractivity contribution in [3.8, 4) is 5.75 Å². The van der Waals surface area contributed by atoms with Crippen LogP contribution in [0.2, 0.25) is 0 Å². The Balaban J connectivity index is 1.88. The van der Waals surface area contributed by atoms with E-state index in [1.165, 1.54) is 0 Å². The first-order chi connectivity index (χ1) is 9.70. The normalized spacial score (nSPS) is 10.2. The molecule has 110 valence electrons. The Morgan fingerprint density at radius 1 is 1.00 bits per heavy atom.